The number of carbonyl (C=O) groups is 1. The highest BCUT2D eigenvalue weighted by Crippen LogP contribution is 2.23. The Labute approximate surface area is 106 Å². The Kier molecular flexibility index (Phi) is 3.72. The molecule has 18 heavy (non-hydrogen) atoms. The van der Waals surface area contributed by atoms with Gasteiger partial charge in [-0.15, -0.1) is 0 Å². The predicted molar refractivity (Wildman–Crippen MR) is 71.0 cm³/mol. The average molecular weight is 249 g/mol. The van der Waals surface area contributed by atoms with Gasteiger partial charge in [-0.25, -0.2) is 0 Å². The van der Waals surface area contributed by atoms with E-state index in [4.69, 9.17) is 11.5 Å². The first-order chi connectivity index (χ1) is 8.63. The van der Waals surface area contributed by atoms with E-state index in [0.29, 0.717) is 23.5 Å². The maximum atomic E-state index is 12.4. The quantitative estimate of drug-likeness (QED) is 0.677. The van der Waals surface area contributed by atoms with Crippen molar-refractivity contribution in [2.24, 2.45) is 0 Å². The molecule has 1 saturated heterocycles. The maximum Gasteiger partial charge on any atom is 0.256 e. The molecule has 1 fully saturated rings. The number of rotatable bonds is 2. The number of piperidine rings is 1. The normalized spacial score (nSPS) is 19.8. The molecular formula is C13H19N3O2. The molecule has 5 nitrogen and oxygen atoms in total. The zero-order valence-electron chi connectivity index (χ0n) is 10.3. The van der Waals surface area contributed by atoms with Crippen molar-refractivity contribution in [3.8, 4) is 0 Å². The molecule has 5 heteroatoms. The molecule has 1 aromatic carbocycles. The smallest absolute Gasteiger partial charge is 0.256 e. The van der Waals surface area contributed by atoms with Gasteiger partial charge in [0.05, 0.1) is 18.2 Å². The second-order valence-corrected chi connectivity index (χ2v) is 4.68. The molecule has 0 aliphatic carbocycles. The zero-order chi connectivity index (χ0) is 13.1. The van der Waals surface area contributed by atoms with Crippen LogP contribution in [0, 0.1) is 0 Å². The highest BCUT2D eigenvalue weighted by Gasteiger charge is 2.27. The molecule has 1 unspecified atom stereocenters. The number of hydrogen-bond acceptors (Lipinski definition) is 4. The number of nitrogens with zero attached hydrogens (tertiary/aromatic N) is 1. The molecule has 1 heterocycles. The Bertz CT molecular complexity index is 448. The van der Waals surface area contributed by atoms with Gasteiger partial charge in [0.25, 0.3) is 5.91 Å². The standard InChI is InChI=1S/C13H19N3O2/c14-9-4-5-11(12(15)7-9)13(18)16-6-2-1-3-10(16)8-17/h4-5,7,10,17H,1-3,6,8,14-15H2. The summed E-state index contributed by atoms with van der Waals surface area (Å²) in [7, 11) is 0. The van der Waals surface area contributed by atoms with E-state index in [2.05, 4.69) is 0 Å². The van der Waals surface area contributed by atoms with Gasteiger partial charge in [-0.1, -0.05) is 0 Å². The molecule has 1 aliphatic heterocycles. The van der Waals surface area contributed by atoms with Gasteiger partial charge >= 0.3 is 0 Å². The second-order valence-electron chi connectivity index (χ2n) is 4.68. The van der Waals surface area contributed by atoms with E-state index in [9.17, 15) is 9.90 Å². The lowest BCUT2D eigenvalue weighted by Gasteiger charge is -2.34. The summed E-state index contributed by atoms with van der Waals surface area (Å²) in [5.74, 6) is -0.119. The van der Waals surface area contributed by atoms with Crippen molar-refractivity contribution >= 4 is 17.3 Å². The number of hydrogen-bond donors (Lipinski definition) is 3. The minimum Gasteiger partial charge on any atom is -0.399 e. The lowest BCUT2D eigenvalue weighted by molar-refractivity contribution is 0.0504. The van der Waals surface area contributed by atoms with Crippen LogP contribution in [0.25, 0.3) is 0 Å². The van der Waals surface area contributed by atoms with Gasteiger partial charge in [0.15, 0.2) is 0 Å². The topological polar surface area (TPSA) is 92.6 Å². The minimum absolute atomic E-state index is 0.000612. The summed E-state index contributed by atoms with van der Waals surface area (Å²) in [5.41, 5.74) is 12.8. The lowest BCUT2D eigenvalue weighted by Crippen LogP contribution is -2.45. The molecule has 1 atom stereocenters. The summed E-state index contributed by atoms with van der Waals surface area (Å²) in [4.78, 5) is 14.1. The van der Waals surface area contributed by atoms with Crippen molar-refractivity contribution in [2.45, 2.75) is 25.3 Å². The van der Waals surface area contributed by atoms with Crippen LogP contribution in [0.3, 0.4) is 0 Å². The Morgan fingerprint density at radius 1 is 1.39 bits per heavy atom. The first-order valence-corrected chi connectivity index (χ1v) is 6.20. The van der Waals surface area contributed by atoms with Crippen LogP contribution in [0.1, 0.15) is 29.6 Å². The SMILES string of the molecule is Nc1ccc(C(=O)N2CCCCC2CO)c(N)c1. The van der Waals surface area contributed by atoms with Crippen LogP contribution in [-0.4, -0.2) is 35.1 Å². The van der Waals surface area contributed by atoms with E-state index in [1.807, 2.05) is 0 Å². The predicted octanol–water partition coefficient (Wildman–Crippen LogP) is 0.838. The third-order valence-electron chi connectivity index (χ3n) is 3.40. The molecule has 5 N–H and O–H groups in total. The molecule has 0 bridgehead atoms. The highest BCUT2D eigenvalue weighted by atomic mass is 16.3. The Balaban J connectivity index is 2.24. The number of carbonyl (C=O) groups excluding carboxylic acids is 1. The summed E-state index contributed by atoms with van der Waals surface area (Å²) in [6, 6.07) is 4.81. The zero-order valence-corrected chi connectivity index (χ0v) is 10.3. The average Bonchev–Trinajstić information content (AvgIpc) is 2.38. The molecule has 98 valence electrons. The monoisotopic (exact) mass is 249 g/mol. The molecule has 1 aliphatic rings. The van der Waals surface area contributed by atoms with Gasteiger partial charge in [0, 0.05) is 17.9 Å². The van der Waals surface area contributed by atoms with Gasteiger partial charge in [-0.05, 0) is 37.5 Å². The van der Waals surface area contributed by atoms with Crippen LogP contribution in [0.5, 0.6) is 0 Å². The highest BCUT2D eigenvalue weighted by molar-refractivity contribution is 5.99. The minimum atomic E-state index is -0.119. The van der Waals surface area contributed by atoms with E-state index in [0.717, 1.165) is 19.3 Å². The number of likely N-dealkylation sites (tertiary alicyclic amines) is 1. The van der Waals surface area contributed by atoms with Crippen LogP contribution in [0.15, 0.2) is 18.2 Å². The molecule has 0 spiro atoms. The number of aliphatic hydroxyl groups excluding tert-OH is 1. The number of nitrogens with two attached hydrogens (primary N) is 2. The summed E-state index contributed by atoms with van der Waals surface area (Å²) in [6.45, 7) is 0.675. The Morgan fingerprint density at radius 2 is 2.17 bits per heavy atom. The van der Waals surface area contributed by atoms with E-state index >= 15 is 0 Å². The third kappa shape index (κ3) is 2.41. The van der Waals surface area contributed by atoms with Gasteiger partial charge in [0.2, 0.25) is 0 Å². The fourth-order valence-corrected chi connectivity index (χ4v) is 2.39. The third-order valence-corrected chi connectivity index (χ3v) is 3.40. The van der Waals surface area contributed by atoms with Crippen LogP contribution in [0.2, 0.25) is 0 Å². The van der Waals surface area contributed by atoms with Crippen molar-refractivity contribution in [1.82, 2.24) is 4.90 Å². The van der Waals surface area contributed by atoms with Crippen molar-refractivity contribution < 1.29 is 9.90 Å². The number of amides is 1. The summed E-state index contributed by atoms with van der Waals surface area (Å²) in [5, 5.41) is 9.33. The molecule has 0 saturated carbocycles. The van der Waals surface area contributed by atoms with Crippen LogP contribution < -0.4 is 11.5 Å². The summed E-state index contributed by atoms with van der Waals surface area (Å²) in [6.07, 6.45) is 2.86. The first-order valence-electron chi connectivity index (χ1n) is 6.20. The number of benzene rings is 1. The van der Waals surface area contributed by atoms with Gasteiger partial charge < -0.3 is 21.5 Å². The Morgan fingerprint density at radius 3 is 2.83 bits per heavy atom. The molecule has 1 amide bonds. The molecular weight excluding hydrogens is 230 g/mol. The lowest BCUT2D eigenvalue weighted by atomic mass is 10.0. The van der Waals surface area contributed by atoms with E-state index in [-0.39, 0.29) is 18.6 Å². The molecule has 0 aromatic heterocycles. The van der Waals surface area contributed by atoms with Crippen molar-refractivity contribution in [1.29, 1.82) is 0 Å². The van der Waals surface area contributed by atoms with E-state index in [1.54, 1.807) is 23.1 Å². The second kappa shape index (κ2) is 5.27. The van der Waals surface area contributed by atoms with Gasteiger partial charge in [-0.3, -0.25) is 4.79 Å². The summed E-state index contributed by atoms with van der Waals surface area (Å²) < 4.78 is 0. The van der Waals surface area contributed by atoms with Crippen LogP contribution in [0.4, 0.5) is 11.4 Å². The summed E-state index contributed by atoms with van der Waals surface area (Å²) >= 11 is 0. The first kappa shape index (κ1) is 12.7. The Hall–Kier alpha value is -1.75. The fourth-order valence-electron chi connectivity index (χ4n) is 2.39. The molecule has 2 rings (SSSR count). The van der Waals surface area contributed by atoms with Crippen molar-refractivity contribution in [3.05, 3.63) is 23.8 Å². The largest absolute Gasteiger partial charge is 0.399 e. The van der Waals surface area contributed by atoms with Crippen molar-refractivity contribution in [2.75, 3.05) is 24.6 Å². The number of anilines is 2. The molecule has 1 aromatic rings. The van der Waals surface area contributed by atoms with E-state index < -0.39 is 0 Å². The molecule has 0 radical (unpaired) electrons. The fraction of sp³-hybridized carbons (Fsp3) is 0.462. The van der Waals surface area contributed by atoms with E-state index in [1.165, 1.54) is 0 Å². The number of nitrogen functional groups attached to an aromatic ring is 2. The van der Waals surface area contributed by atoms with Crippen LogP contribution >= 0.6 is 0 Å². The van der Waals surface area contributed by atoms with Crippen LogP contribution in [-0.2, 0) is 0 Å². The maximum absolute atomic E-state index is 12.4. The van der Waals surface area contributed by atoms with Crippen molar-refractivity contribution in [3.63, 3.8) is 0 Å². The number of aliphatic hydroxyl groups is 1. The van der Waals surface area contributed by atoms with Gasteiger partial charge in [-0.2, -0.15) is 0 Å². The van der Waals surface area contributed by atoms with Gasteiger partial charge in [0.1, 0.15) is 0 Å².